The van der Waals surface area contributed by atoms with E-state index in [2.05, 4.69) is 6.58 Å². The number of nitrogens with zero attached hydrogens (tertiary/aromatic N) is 2. The maximum atomic E-state index is 13.4. The van der Waals surface area contributed by atoms with Crippen molar-refractivity contribution in [2.45, 2.75) is 78.3 Å². The Kier molecular flexibility index (Phi) is 11.3. The molecule has 0 saturated heterocycles. The molecule has 2 rings (SSSR count). The van der Waals surface area contributed by atoms with Crippen LogP contribution < -0.4 is 0 Å². The van der Waals surface area contributed by atoms with Crippen LogP contribution in [0.15, 0.2) is 60.7 Å². The van der Waals surface area contributed by atoms with Crippen LogP contribution in [-0.2, 0) is 12.8 Å². The van der Waals surface area contributed by atoms with Crippen molar-refractivity contribution < 1.29 is 19.8 Å². The highest BCUT2D eigenvalue weighted by molar-refractivity contribution is 5.96. The number of amides is 2. The molecule has 0 aliphatic carbocycles. The monoisotopic (exact) mass is 522 g/mol. The van der Waals surface area contributed by atoms with Crippen LogP contribution in [0.1, 0.15) is 86.2 Å². The van der Waals surface area contributed by atoms with Crippen LogP contribution in [0.2, 0.25) is 0 Å². The third kappa shape index (κ3) is 8.53. The molecule has 0 aliphatic heterocycles. The Bertz CT molecular complexity index is 1010. The van der Waals surface area contributed by atoms with E-state index >= 15 is 0 Å². The van der Waals surface area contributed by atoms with Crippen LogP contribution in [0.3, 0.4) is 0 Å². The molecule has 6 nitrogen and oxygen atoms in total. The zero-order chi connectivity index (χ0) is 28.5. The molecule has 0 aromatic heterocycles. The lowest BCUT2D eigenvalue weighted by Gasteiger charge is -2.36. The van der Waals surface area contributed by atoms with E-state index in [1.165, 1.54) is 0 Å². The van der Waals surface area contributed by atoms with Gasteiger partial charge in [0.25, 0.3) is 11.8 Å². The van der Waals surface area contributed by atoms with Crippen molar-refractivity contribution in [1.29, 1.82) is 0 Å². The highest BCUT2D eigenvalue weighted by Crippen LogP contribution is 2.24. The van der Waals surface area contributed by atoms with Crippen LogP contribution in [0.5, 0.6) is 0 Å². The van der Waals surface area contributed by atoms with Crippen molar-refractivity contribution >= 4 is 11.8 Å². The molecule has 6 heteroatoms. The molecule has 0 unspecified atom stereocenters. The van der Waals surface area contributed by atoms with Crippen molar-refractivity contribution in [2.75, 3.05) is 26.3 Å². The van der Waals surface area contributed by atoms with Crippen LogP contribution in [0, 0.1) is 0 Å². The van der Waals surface area contributed by atoms with Gasteiger partial charge < -0.3 is 20.0 Å². The molecule has 2 aromatic rings. The lowest BCUT2D eigenvalue weighted by Crippen LogP contribution is -2.47. The summed E-state index contributed by atoms with van der Waals surface area (Å²) in [4.78, 5) is 30.2. The molecular formula is C32H46N2O4. The van der Waals surface area contributed by atoms with E-state index in [1.807, 2.05) is 90.1 Å². The first-order valence-electron chi connectivity index (χ1n) is 13.5. The minimum Gasteiger partial charge on any atom is -0.395 e. The first-order chi connectivity index (χ1) is 17.8. The Hall–Kier alpha value is -2.96. The zero-order valence-corrected chi connectivity index (χ0v) is 24.1. The summed E-state index contributed by atoms with van der Waals surface area (Å²) in [5.74, 6) is -0.155. The predicted molar refractivity (Wildman–Crippen MR) is 154 cm³/mol. The molecule has 0 spiro atoms. The molecule has 38 heavy (non-hydrogen) atoms. The molecular weight excluding hydrogens is 476 g/mol. The molecule has 208 valence electrons. The molecule has 0 atom stereocenters. The fourth-order valence-corrected chi connectivity index (χ4v) is 4.62. The maximum Gasteiger partial charge on any atom is 0.254 e. The predicted octanol–water partition coefficient (Wildman–Crippen LogP) is 5.27. The molecule has 2 N–H and O–H groups in total. The Morgan fingerprint density at radius 3 is 1.34 bits per heavy atom. The van der Waals surface area contributed by atoms with Gasteiger partial charge in [0.05, 0.1) is 13.2 Å². The zero-order valence-electron chi connectivity index (χ0n) is 24.1. The van der Waals surface area contributed by atoms with Gasteiger partial charge in [0.15, 0.2) is 0 Å². The molecule has 0 fully saturated rings. The van der Waals surface area contributed by atoms with E-state index in [1.54, 1.807) is 9.80 Å². The van der Waals surface area contributed by atoms with Crippen molar-refractivity contribution in [3.63, 3.8) is 0 Å². The van der Waals surface area contributed by atoms with Crippen LogP contribution in [0.4, 0.5) is 0 Å². The Morgan fingerprint density at radius 1 is 0.684 bits per heavy atom. The molecule has 0 heterocycles. The van der Waals surface area contributed by atoms with Gasteiger partial charge in [-0.3, -0.25) is 9.59 Å². The SMILES string of the molecule is C=C(CCc1ccccc1C(=O)N(CCO)C(C)(C)C)CCc1ccccc1C(=O)N(CCO)C(C)(C)C. The Morgan fingerprint density at radius 2 is 1.03 bits per heavy atom. The van der Waals surface area contributed by atoms with E-state index in [0.717, 1.165) is 29.5 Å². The smallest absolute Gasteiger partial charge is 0.254 e. The van der Waals surface area contributed by atoms with E-state index in [-0.39, 0.29) is 38.1 Å². The lowest BCUT2D eigenvalue weighted by atomic mass is 9.94. The minimum absolute atomic E-state index is 0.0773. The van der Waals surface area contributed by atoms with Gasteiger partial charge in [0.2, 0.25) is 0 Å². The summed E-state index contributed by atoms with van der Waals surface area (Å²) in [6.45, 7) is 16.5. The van der Waals surface area contributed by atoms with Gasteiger partial charge in [-0.05, 0) is 90.5 Å². The number of allylic oxidation sites excluding steroid dienone is 1. The number of β-amino-alcohol motifs (C(OH)–C–C–N with tert-alkyl or cyclic N) is 2. The van der Waals surface area contributed by atoms with Crippen LogP contribution in [-0.4, -0.2) is 69.2 Å². The van der Waals surface area contributed by atoms with E-state index in [0.29, 0.717) is 24.0 Å². The standard InChI is InChI=1S/C32H46N2O4/c1-24(16-18-25-12-8-10-14-27(25)29(37)33(20-22-35)31(2,3)4)17-19-26-13-9-11-15-28(26)30(38)34(21-23-36)32(5,6)7/h8-15,35-36H,1,16-23H2,2-7H3. The lowest BCUT2D eigenvalue weighted by molar-refractivity contribution is 0.0518. The molecule has 2 aromatic carbocycles. The first-order valence-corrected chi connectivity index (χ1v) is 13.5. The highest BCUT2D eigenvalue weighted by atomic mass is 16.3. The quantitative estimate of drug-likeness (QED) is 0.372. The third-order valence-electron chi connectivity index (χ3n) is 6.75. The summed E-state index contributed by atoms with van der Waals surface area (Å²) in [6.07, 6.45) is 2.84. The highest BCUT2D eigenvalue weighted by Gasteiger charge is 2.29. The number of carbonyl (C=O) groups is 2. The summed E-state index contributed by atoms with van der Waals surface area (Å²) in [5.41, 5.74) is 3.50. The molecule has 0 aliphatic rings. The van der Waals surface area contributed by atoms with Gasteiger partial charge in [0.1, 0.15) is 0 Å². The molecule has 0 bridgehead atoms. The second kappa shape index (κ2) is 13.7. The van der Waals surface area contributed by atoms with E-state index in [4.69, 9.17) is 0 Å². The number of rotatable bonds is 12. The summed E-state index contributed by atoms with van der Waals surface area (Å²) >= 11 is 0. The normalized spacial score (nSPS) is 11.8. The van der Waals surface area contributed by atoms with Gasteiger partial charge in [-0.1, -0.05) is 48.6 Å². The second-order valence-corrected chi connectivity index (χ2v) is 11.8. The third-order valence-corrected chi connectivity index (χ3v) is 6.75. The van der Waals surface area contributed by atoms with Crippen molar-refractivity contribution in [3.05, 3.63) is 82.9 Å². The van der Waals surface area contributed by atoms with Crippen molar-refractivity contribution in [1.82, 2.24) is 9.80 Å². The molecule has 2 amide bonds. The maximum absolute atomic E-state index is 13.4. The number of aliphatic hydroxyl groups is 2. The van der Waals surface area contributed by atoms with Gasteiger partial charge in [-0.15, -0.1) is 0 Å². The fraction of sp³-hybridized carbons (Fsp3) is 0.500. The average Bonchev–Trinajstić information content (AvgIpc) is 2.86. The van der Waals surface area contributed by atoms with Gasteiger partial charge in [0, 0.05) is 35.3 Å². The first kappa shape index (κ1) is 31.3. The molecule has 0 saturated carbocycles. The Labute approximate surface area is 229 Å². The molecule has 0 radical (unpaired) electrons. The summed E-state index contributed by atoms with van der Waals surface area (Å²) < 4.78 is 0. The summed E-state index contributed by atoms with van der Waals surface area (Å²) in [6, 6.07) is 15.3. The summed E-state index contributed by atoms with van der Waals surface area (Å²) in [7, 11) is 0. The number of aryl methyl sites for hydroxylation is 2. The number of benzene rings is 2. The van der Waals surface area contributed by atoms with Crippen molar-refractivity contribution in [2.24, 2.45) is 0 Å². The number of carbonyl (C=O) groups excluding carboxylic acids is 2. The number of hydrogen-bond donors (Lipinski definition) is 2. The number of hydrogen-bond acceptors (Lipinski definition) is 4. The van der Waals surface area contributed by atoms with Gasteiger partial charge >= 0.3 is 0 Å². The van der Waals surface area contributed by atoms with Gasteiger partial charge in [-0.2, -0.15) is 0 Å². The van der Waals surface area contributed by atoms with Crippen LogP contribution in [0.25, 0.3) is 0 Å². The summed E-state index contributed by atoms with van der Waals surface area (Å²) in [5, 5.41) is 19.0. The van der Waals surface area contributed by atoms with E-state index in [9.17, 15) is 19.8 Å². The minimum atomic E-state index is -0.402. The largest absolute Gasteiger partial charge is 0.395 e. The number of aliphatic hydroxyl groups excluding tert-OH is 2. The van der Waals surface area contributed by atoms with E-state index < -0.39 is 11.1 Å². The second-order valence-electron chi connectivity index (χ2n) is 11.8. The van der Waals surface area contributed by atoms with Crippen molar-refractivity contribution in [3.8, 4) is 0 Å². The van der Waals surface area contributed by atoms with Crippen LogP contribution >= 0.6 is 0 Å². The van der Waals surface area contributed by atoms with Gasteiger partial charge in [-0.25, -0.2) is 0 Å². The average molecular weight is 523 g/mol. The Balaban J connectivity index is 2.11. The topological polar surface area (TPSA) is 81.1 Å². The fourth-order valence-electron chi connectivity index (χ4n) is 4.62.